The maximum atomic E-state index is 12.1. The Hall–Kier alpha value is -0.980. The highest BCUT2D eigenvalue weighted by molar-refractivity contribution is 5.39. The molecule has 119 valence electrons. The Morgan fingerprint density at radius 3 is 1.90 bits per heavy atom. The monoisotopic (exact) mass is 289 g/mol. The van der Waals surface area contributed by atoms with Gasteiger partial charge in [0, 0.05) is 5.56 Å². The summed E-state index contributed by atoms with van der Waals surface area (Å²) in [6, 6.07) is 5.84. The molecule has 0 heterocycles. The number of hydrogen-bond donors (Lipinski definition) is 0. The average Bonchev–Trinajstić information content (AvgIpc) is 2.49. The number of hydrogen-bond acceptors (Lipinski definition) is 0. The fourth-order valence-electron chi connectivity index (χ4n) is 2.95. The van der Waals surface area contributed by atoms with E-state index in [9.17, 15) is 5.11 Å². The number of rotatable bonds is 12. The first-order valence-electron chi connectivity index (χ1n) is 9.07. The summed E-state index contributed by atoms with van der Waals surface area (Å²) < 4.78 is 0. The molecule has 0 fully saturated rings. The molecule has 1 heteroatoms. The molecule has 1 radical (unpaired) electrons. The molecule has 0 saturated carbocycles. The van der Waals surface area contributed by atoms with E-state index in [-0.39, 0.29) is 5.75 Å². The Bertz CT molecular complexity index is 370. The van der Waals surface area contributed by atoms with Crippen LogP contribution < -0.4 is 0 Å². The number of aryl methyl sites for hydroxylation is 1. The second kappa shape index (κ2) is 11.7. The van der Waals surface area contributed by atoms with Gasteiger partial charge in [0.2, 0.25) is 0 Å². The third-order valence-corrected chi connectivity index (χ3v) is 4.31. The molecule has 0 aliphatic carbocycles. The Morgan fingerprint density at radius 2 is 1.29 bits per heavy atom. The van der Waals surface area contributed by atoms with Crippen LogP contribution in [-0.4, -0.2) is 0 Å². The minimum Gasteiger partial charge on any atom is -0.290 e. The summed E-state index contributed by atoms with van der Waals surface area (Å²) in [7, 11) is 0. The van der Waals surface area contributed by atoms with Crippen LogP contribution in [0.5, 0.6) is 5.75 Å². The van der Waals surface area contributed by atoms with Gasteiger partial charge in [-0.05, 0) is 37.3 Å². The molecule has 0 aromatic heterocycles. The molecule has 0 amide bonds. The van der Waals surface area contributed by atoms with Gasteiger partial charge in [-0.1, -0.05) is 77.3 Å². The van der Waals surface area contributed by atoms with E-state index in [1.807, 2.05) is 6.07 Å². The molecular weight excluding hydrogens is 256 g/mol. The Morgan fingerprint density at radius 1 is 0.714 bits per heavy atom. The van der Waals surface area contributed by atoms with Crippen molar-refractivity contribution < 1.29 is 5.11 Å². The van der Waals surface area contributed by atoms with E-state index in [0.717, 1.165) is 18.4 Å². The van der Waals surface area contributed by atoms with E-state index in [2.05, 4.69) is 19.9 Å². The van der Waals surface area contributed by atoms with Crippen LogP contribution in [-0.2, 0) is 17.9 Å². The van der Waals surface area contributed by atoms with Gasteiger partial charge in [0.15, 0.2) is 5.75 Å². The zero-order chi connectivity index (χ0) is 15.3. The zero-order valence-electron chi connectivity index (χ0n) is 14.1. The topological polar surface area (TPSA) is 19.9 Å². The van der Waals surface area contributed by atoms with Crippen molar-refractivity contribution in [2.24, 2.45) is 0 Å². The fraction of sp³-hybridized carbons (Fsp3) is 0.700. The molecule has 1 aromatic rings. The zero-order valence-corrected chi connectivity index (χ0v) is 14.1. The standard InChI is InChI=1S/C20H33O/c1-3-5-7-9-11-14-18-15-13-17-20(21)19(18)16-12-10-8-6-4-2/h13,15,17H,3-12,14,16H2,1-2H3. The summed E-state index contributed by atoms with van der Waals surface area (Å²) in [5, 5.41) is 12.1. The summed E-state index contributed by atoms with van der Waals surface area (Å²) in [5.41, 5.74) is 2.42. The minimum atomic E-state index is 0.261. The Balaban J connectivity index is 2.41. The summed E-state index contributed by atoms with van der Waals surface area (Å²) in [6.45, 7) is 4.49. The number of benzene rings is 1. The third-order valence-electron chi connectivity index (χ3n) is 4.31. The molecular formula is C20H33O. The first-order valence-corrected chi connectivity index (χ1v) is 9.07. The predicted octanol–water partition coefficient (Wildman–Crippen LogP) is 6.86. The van der Waals surface area contributed by atoms with Crippen LogP contribution in [0.2, 0.25) is 0 Å². The molecule has 0 spiro atoms. The van der Waals surface area contributed by atoms with Gasteiger partial charge in [0.1, 0.15) is 0 Å². The van der Waals surface area contributed by atoms with E-state index in [4.69, 9.17) is 0 Å². The largest absolute Gasteiger partial charge is 0.290 e. The molecule has 1 rings (SSSR count). The van der Waals surface area contributed by atoms with Crippen LogP contribution in [0.25, 0.3) is 0 Å². The van der Waals surface area contributed by atoms with Crippen LogP contribution in [0.4, 0.5) is 0 Å². The van der Waals surface area contributed by atoms with Crippen molar-refractivity contribution in [1.82, 2.24) is 0 Å². The van der Waals surface area contributed by atoms with Crippen LogP contribution in [0, 0.1) is 0 Å². The number of unbranched alkanes of at least 4 members (excludes halogenated alkanes) is 8. The molecule has 21 heavy (non-hydrogen) atoms. The normalized spacial score (nSPS) is 11.0. The van der Waals surface area contributed by atoms with Gasteiger partial charge in [0.25, 0.3) is 0 Å². The summed E-state index contributed by atoms with van der Waals surface area (Å²) in [4.78, 5) is 0. The van der Waals surface area contributed by atoms with Crippen molar-refractivity contribution in [1.29, 1.82) is 0 Å². The summed E-state index contributed by atoms with van der Waals surface area (Å²) >= 11 is 0. The van der Waals surface area contributed by atoms with E-state index in [0.29, 0.717) is 0 Å². The molecule has 0 N–H and O–H groups in total. The van der Waals surface area contributed by atoms with Crippen molar-refractivity contribution in [2.75, 3.05) is 0 Å². The van der Waals surface area contributed by atoms with Crippen LogP contribution in [0.1, 0.15) is 89.2 Å². The first kappa shape index (κ1) is 18.1. The van der Waals surface area contributed by atoms with Gasteiger partial charge >= 0.3 is 0 Å². The lowest BCUT2D eigenvalue weighted by atomic mass is 9.95. The van der Waals surface area contributed by atoms with Crippen LogP contribution in [0.15, 0.2) is 18.2 Å². The van der Waals surface area contributed by atoms with Crippen molar-refractivity contribution >= 4 is 0 Å². The lowest BCUT2D eigenvalue weighted by Gasteiger charge is -2.10. The third kappa shape index (κ3) is 7.55. The maximum Gasteiger partial charge on any atom is 0.182 e. The van der Waals surface area contributed by atoms with Gasteiger partial charge in [-0.25, -0.2) is 0 Å². The van der Waals surface area contributed by atoms with Gasteiger partial charge in [-0.15, -0.1) is 0 Å². The van der Waals surface area contributed by atoms with Gasteiger partial charge in [-0.3, -0.25) is 5.11 Å². The van der Waals surface area contributed by atoms with Crippen molar-refractivity contribution in [3.63, 3.8) is 0 Å². The Kier molecular flexibility index (Phi) is 10.0. The molecule has 0 bridgehead atoms. The molecule has 0 saturated heterocycles. The molecule has 1 nitrogen and oxygen atoms in total. The van der Waals surface area contributed by atoms with E-state index in [1.165, 1.54) is 69.8 Å². The van der Waals surface area contributed by atoms with Crippen LogP contribution >= 0.6 is 0 Å². The molecule has 0 aliphatic rings. The smallest absolute Gasteiger partial charge is 0.182 e. The highest BCUT2D eigenvalue weighted by atomic mass is 16.3. The quantitative estimate of drug-likeness (QED) is 0.375. The van der Waals surface area contributed by atoms with E-state index >= 15 is 0 Å². The lowest BCUT2D eigenvalue weighted by molar-refractivity contribution is 0.348. The molecule has 0 atom stereocenters. The SMILES string of the molecule is CCCCCCCc1cccc([O])c1CCCCCCC. The van der Waals surface area contributed by atoms with Gasteiger partial charge in [-0.2, -0.15) is 0 Å². The summed E-state index contributed by atoms with van der Waals surface area (Å²) in [6.07, 6.45) is 14.9. The second-order valence-electron chi connectivity index (χ2n) is 6.22. The van der Waals surface area contributed by atoms with Crippen molar-refractivity contribution in [3.05, 3.63) is 29.3 Å². The van der Waals surface area contributed by atoms with Crippen molar-refractivity contribution in [3.8, 4) is 5.75 Å². The average molecular weight is 289 g/mol. The van der Waals surface area contributed by atoms with Gasteiger partial charge < -0.3 is 0 Å². The molecule has 0 unspecified atom stereocenters. The van der Waals surface area contributed by atoms with Crippen LogP contribution in [0.3, 0.4) is 0 Å². The predicted molar refractivity (Wildman–Crippen MR) is 91.5 cm³/mol. The van der Waals surface area contributed by atoms with E-state index in [1.54, 1.807) is 6.07 Å². The highest BCUT2D eigenvalue weighted by Gasteiger charge is 2.08. The molecule has 1 aromatic carbocycles. The van der Waals surface area contributed by atoms with Gasteiger partial charge in [0.05, 0.1) is 0 Å². The lowest BCUT2D eigenvalue weighted by Crippen LogP contribution is -1.96. The van der Waals surface area contributed by atoms with Crippen molar-refractivity contribution in [2.45, 2.75) is 90.9 Å². The maximum absolute atomic E-state index is 12.1. The second-order valence-corrected chi connectivity index (χ2v) is 6.22. The van der Waals surface area contributed by atoms with E-state index < -0.39 is 0 Å². The highest BCUT2D eigenvalue weighted by Crippen LogP contribution is 2.25. The minimum absolute atomic E-state index is 0.261. The fourth-order valence-corrected chi connectivity index (χ4v) is 2.95. The molecule has 0 aliphatic heterocycles. The Labute approximate surface area is 131 Å². The summed E-state index contributed by atoms with van der Waals surface area (Å²) in [5.74, 6) is 0.261. The first-order chi connectivity index (χ1) is 10.3.